The number of hydrogen-bond donors (Lipinski definition) is 0. The third kappa shape index (κ3) is 6.39. The molecular weight excluding hydrogens is 606 g/mol. The van der Waals surface area contributed by atoms with Gasteiger partial charge in [-0.3, -0.25) is 14.2 Å². The molecule has 12 heteroatoms. The molecule has 0 unspecified atom stereocenters. The number of amides is 1. The van der Waals surface area contributed by atoms with Crippen molar-refractivity contribution in [3.05, 3.63) is 83.5 Å². The topological polar surface area (TPSA) is 109 Å². The van der Waals surface area contributed by atoms with Gasteiger partial charge in [-0.05, 0) is 75.6 Å². The minimum Gasteiger partial charge on any atom is -0.496 e. The molecule has 2 aromatic carbocycles. The Balaban J connectivity index is 1.56. The second-order valence-electron chi connectivity index (χ2n) is 10.7. The Kier molecular flexibility index (Phi) is 9.45. The number of rotatable bonds is 9. The molecule has 3 aromatic rings. The number of methoxy groups -OCH3 is 2. The van der Waals surface area contributed by atoms with Crippen molar-refractivity contribution in [3.63, 3.8) is 0 Å². The highest BCUT2D eigenvalue weighted by molar-refractivity contribution is 7.07. The average Bonchev–Trinajstić information content (AvgIpc) is 3.63. The van der Waals surface area contributed by atoms with E-state index in [-0.39, 0.29) is 29.8 Å². The Morgan fingerprint density at radius 3 is 2.45 bits per heavy atom. The summed E-state index contributed by atoms with van der Waals surface area (Å²) < 4.78 is 24.4. The molecule has 1 aromatic heterocycles. The van der Waals surface area contributed by atoms with Crippen LogP contribution in [0.1, 0.15) is 50.8 Å². The van der Waals surface area contributed by atoms with E-state index in [4.69, 9.17) is 30.5 Å². The fourth-order valence-corrected chi connectivity index (χ4v) is 6.54. The van der Waals surface area contributed by atoms with Gasteiger partial charge in [-0.2, -0.15) is 0 Å². The maximum atomic E-state index is 14.0. The van der Waals surface area contributed by atoms with Crippen LogP contribution in [0.5, 0.6) is 17.2 Å². The number of halogens is 1. The van der Waals surface area contributed by atoms with Gasteiger partial charge in [0.25, 0.3) is 11.5 Å². The molecule has 0 bridgehead atoms. The molecule has 0 N–H and O–H groups in total. The second kappa shape index (κ2) is 13.3. The lowest BCUT2D eigenvalue weighted by molar-refractivity contribution is -0.143. The molecule has 44 heavy (non-hydrogen) atoms. The largest absolute Gasteiger partial charge is 0.496 e. The highest BCUT2D eigenvalue weighted by atomic mass is 35.5. The summed E-state index contributed by atoms with van der Waals surface area (Å²) in [6.07, 6.45) is 3.36. The number of carbonyl (C=O) groups excluding carboxylic acids is 2. The molecule has 1 saturated heterocycles. The molecule has 3 heterocycles. The number of benzene rings is 2. The van der Waals surface area contributed by atoms with Gasteiger partial charge >= 0.3 is 5.97 Å². The Bertz CT molecular complexity index is 1800. The van der Waals surface area contributed by atoms with Crippen LogP contribution in [0.15, 0.2) is 57.5 Å². The van der Waals surface area contributed by atoms with Gasteiger partial charge in [0.1, 0.15) is 11.8 Å². The first-order valence-corrected chi connectivity index (χ1v) is 15.5. The lowest BCUT2D eigenvalue weighted by Gasteiger charge is -2.26. The summed E-state index contributed by atoms with van der Waals surface area (Å²) in [6, 6.07) is 9.41. The second-order valence-corrected chi connectivity index (χ2v) is 12.2. The number of thiazole rings is 1. The molecule has 1 fully saturated rings. The van der Waals surface area contributed by atoms with Crippen molar-refractivity contribution in [3.8, 4) is 17.2 Å². The summed E-state index contributed by atoms with van der Waals surface area (Å²) in [6.45, 7) is 6.65. The van der Waals surface area contributed by atoms with E-state index in [1.54, 1.807) is 68.1 Å². The zero-order valence-electron chi connectivity index (χ0n) is 25.2. The Labute approximate surface area is 263 Å². The Morgan fingerprint density at radius 2 is 1.77 bits per heavy atom. The monoisotopic (exact) mass is 639 g/mol. The molecule has 0 spiro atoms. The summed E-state index contributed by atoms with van der Waals surface area (Å²) in [5.41, 5.74) is 1.52. The lowest BCUT2D eigenvalue weighted by Crippen LogP contribution is -2.40. The lowest BCUT2D eigenvalue weighted by atomic mass is 9.95. The summed E-state index contributed by atoms with van der Waals surface area (Å²) >= 11 is 7.59. The van der Waals surface area contributed by atoms with E-state index in [9.17, 15) is 14.4 Å². The summed E-state index contributed by atoms with van der Waals surface area (Å²) in [5.74, 6) is 0.674. The molecule has 1 amide bonds. The SMILES string of the molecule is COc1cc(/C=c2\sc3n(c2=O)[C@H](c2cc(Cl)ccc2OC)C(C(=O)OC(C)C)=C(C)N=3)ccc1OCC(=O)N1CCCC1. The van der Waals surface area contributed by atoms with Crippen LogP contribution < -0.4 is 29.1 Å². The van der Waals surface area contributed by atoms with Crippen molar-refractivity contribution < 1.29 is 28.5 Å². The number of allylic oxidation sites excluding steroid dienone is 1. The molecule has 1 atom stereocenters. The van der Waals surface area contributed by atoms with E-state index in [0.29, 0.717) is 48.4 Å². The Hall–Kier alpha value is -4.09. The molecule has 0 saturated carbocycles. The van der Waals surface area contributed by atoms with Gasteiger partial charge in [0, 0.05) is 23.7 Å². The van der Waals surface area contributed by atoms with Gasteiger partial charge in [-0.25, -0.2) is 9.79 Å². The van der Waals surface area contributed by atoms with Crippen LogP contribution >= 0.6 is 22.9 Å². The van der Waals surface area contributed by atoms with Crippen LogP contribution in [0.25, 0.3) is 6.08 Å². The number of ether oxygens (including phenoxy) is 4. The number of carbonyl (C=O) groups is 2. The maximum Gasteiger partial charge on any atom is 0.338 e. The smallest absolute Gasteiger partial charge is 0.338 e. The normalized spacial score (nSPS) is 16.6. The van der Waals surface area contributed by atoms with Crippen molar-refractivity contribution in [2.75, 3.05) is 33.9 Å². The molecule has 232 valence electrons. The van der Waals surface area contributed by atoms with Crippen molar-refractivity contribution in [2.24, 2.45) is 4.99 Å². The Morgan fingerprint density at radius 1 is 1.07 bits per heavy atom. The van der Waals surface area contributed by atoms with Crippen LogP contribution in [-0.2, 0) is 14.3 Å². The summed E-state index contributed by atoms with van der Waals surface area (Å²) in [5, 5.41) is 0.422. The van der Waals surface area contributed by atoms with Crippen LogP contribution in [0.3, 0.4) is 0 Å². The third-order valence-corrected chi connectivity index (χ3v) is 8.58. The van der Waals surface area contributed by atoms with Gasteiger partial charge in [0.15, 0.2) is 22.9 Å². The first kappa shape index (κ1) is 31.3. The van der Waals surface area contributed by atoms with Gasteiger partial charge in [0.05, 0.1) is 36.1 Å². The van der Waals surface area contributed by atoms with Crippen molar-refractivity contribution >= 4 is 40.9 Å². The highest BCUT2D eigenvalue weighted by Crippen LogP contribution is 2.37. The van der Waals surface area contributed by atoms with Gasteiger partial charge in [-0.1, -0.05) is 29.0 Å². The fraction of sp³-hybridized carbons (Fsp3) is 0.375. The van der Waals surface area contributed by atoms with Crippen LogP contribution in [-0.4, -0.2) is 61.4 Å². The van der Waals surface area contributed by atoms with Crippen molar-refractivity contribution in [2.45, 2.75) is 45.8 Å². The summed E-state index contributed by atoms with van der Waals surface area (Å²) in [7, 11) is 3.03. The van der Waals surface area contributed by atoms with E-state index in [2.05, 4.69) is 4.99 Å². The minimum absolute atomic E-state index is 0.0624. The zero-order valence-corrected chi connectivity index (χ0v) is 26.8. The van der Waals surface area contributed by atoms with E-state index >= 15 is 0 Å². The number of fused-ring (bicyclic) bond motifs is 1. The van der Waals surface area contributed by atoms with Crippen molar-refractivity contribution in [1.82, 2.24) is 9.47 Å². The number of esters is 1. The highest BCUT2D eigenvalue weighted by Gasteiger charge is 2.35. The summed E-state index contributed by atoms with van der Waals surface area (Å²) in [4.78, 5) is 46.7. The number of hydrogen-bond acceptors (Lipinski definition) is 9. The molecule has 2 aliphatic heterocycles. The molecule has 5 rings (SSSR count). The number of likely N-dealkylation sites (tertiary alicyclic amines) is 1. The van der Waals surface area contributed by atoms with E-state index < -0.39 is 12.0 Å². The molecule has 2 aliphatic rings. The zero-order chi connectivity index (χ0) is 31.5. The quantitative estimate of drug-likeness (QED) is 0.327. The third-order valence-electron chi connectivity index (χ3n) is 7.37. The maximum absolute atomic E-state index is 14.0. The van der Waals surface area contributed by atoms with Crippen molar-refractivity contribution in [1.29, 1.82) is 0 Å². The molecule has 0 radical (unpaired) electrons. The van der Waals surface area contributed by atoms with Gasteiger partial charge in [0.2, 0.25) is 0 Å². The van der Waals surface area contributed by atoms with E-state index in [1.807, 2.05) is 0 Å². The van der Waals surface area contributed by atoms with Crippen LogP contribution in [0.4, 0.5) is 0 Å². The fourth-order valence-electron chi connectivity index (χ4n) is 5.32. The predicted octanol–water partition coefficient (Wildman–Crippen LogP) is 3.86. The number of aromatic nitrogens is 1. The van der Waals surface area contributed by atoms with E-state index in [1.165, 1.54) is 30.1 Å². The average molecular weight is 640 g/mol. The molecular formula is C32H34ClN3O7S. The first-order chi connectivity index (χ1) is 21.1. The van der Waals surface area contributed by atoms with Gasteiger partial charge < -0.3 is 23.8 Å². The standard InChI is InChI=1S/C32H34ClN3O7S/c1-18(2)43-31(39)28-19(3)34-32-36(29(28)22-16-21(33)9-11-23(22)40-4)30(38)26(44-32)15-20-8-10-24(25(14-20)41-5)42-17-27(37)35-12-6-7-13-35/h8-11,14-16,18,29H,6-7,12-13,17H2,1-5H3/b26-15-/t29-/m1/s1. The molecule has 0 aliphatic carbocycles. The van der Waals surface area contributed by atoms with Gasteiger partial charge in [-0.15, -0.1) is 0 Å². The molecule has 10 nitrogen and oxygen atoms in total. The minimum atomic E-state index is -0.883. The van der Waals surface area contributed by atoms with Crippen LogP contribution in [0.2, 0.25) is 5.02 Å². The predicted molar refractivity (Wildman–Crippen MR) is 167 cm³/mol. The van der Waals surface area contributed by atoms with E-state index in [0.717, 1.165) is 25.9 Å². The number of nitrogens with zero attached hydrogens (tertiary/aromatic N) is 3. The first-order valence-electron chi connectivity index (χ1n) is 14.3. The van der Waals surface area contributed by atoms with Crippen LogP contribution in [0, 0.1) is 0 Å².